The molecule has 1 aromatic rings. The monoisotopic (exact) mass is 337 g/mol. The smallest absolute Gasteiger partial charge is 0.408 e. The summed E-state index contributed by atoms with van der Waals surface area (Å²) >= 11 is 0. The van der Waals surface area contributed by atoms with Crippen molar-refractivity contribution in [1.29, 1.82) is 0 Å². The molecule has 0 aliphatic carbocycles. The van der Waals surface area contributed by atoms with Crippen LogP contribution in [-0.2, 0) is 30.4 Å². The maximum atomic E-state index is 11.9. The van der Waals surface area contributed by atoms with Crippen molar-refractivity contribution in [2.45, 2.75) is 39.3 Å². The fourth-order valence-corrected chi connectivity index (χ4v) is 1.90. The Labute approximate surface area is 141 Å². The van der Waals surface area contributed by atoms with Crippen LogP contribution in [0.2, 0.25) is 0 Å². The Hall–Kier alpha value is -2.57. The minimum atomic E-state index is -0.844. The molecule has 0 aliphatic rings. The lowest BCUT2D eigenvalue weighted by atomic mass is 10.1. The number of carbonyl (C=O) groups is 3. The van der Waals surface area contributed by atoms with Crippen LogP contribution in [0.5, 0.6) is 0 Å². The summed E-state index contributed by atoms with van der Waals surface area (Å²) in [6.45, 7) is 3.48. The summed E-state index contributed by atoms with van der Waals surface area (Å²) in [5.41, 5.74) is 0.843. The highest BCUT2D eigenvalue weighted by Gasteiger charge is 2.22. The molecule has 0 heterocycles. The van der Waals surface area contributed by atoms with Gasteiger partial charge in [0.05, 0.1) is 13.2 Å². The van der Waals surface area contributed by atoms with Gasteiger partial charge < -0.3 is 19.5 Å². The SMILES string of the molecule is CCOC(=O)[C@@H](CCCOC(C)=O)NC(=O)OCc1ccccc1. The average Bonchev–Trinajstić information content (AvgIpc) is 2.56. The summed E-state index contributed by atoms with van der Waals surface area (Å²) in [4.78, 5) is 34.4. The van der Waals surface area contributed by atoms with E-state index in [4.69, 9.17) is 14.2 Å². The van der Waals surface area contributed by atoms with Crippen molar-refractivity contribution >= 4 is 18.0 Å². The molecule has 1 amide bonds. The van der Waals surface area contributed by atoms with Crippen LogP contribution in [-0.4, -0.2) is 37.3 Å². The number of carbonyl (C=O) groups excluding carboxylic acids is 3. The molecule has 0 bridgehead atoms. The molecule has 0 radical (unpaired) electrons. The summed E-state index contributed by atoms with van der Waals surface area (Å²) in [6, 6.07) is 8.36. The van der Waals surface area contributed by atoms with E-state index in [2.05, 4.69) is 5.32 Å². The molecule has 1 atom stereocenters. The number of hydrogen-bond donors (Lipinski definition) is 1. The van der Waals surface area contributed by atoms with Gasteiger partial charge in [0.25, 0.3) is 0 Å². The van der Waals surface area contributed by atoms with Crippen molar-refractivity contribution < 1.29 is 28.6 Å². The van der Waals surface area contributed by atoms with Crippen LogP contribution < -0.4 is 5.32 Å². The van der Waals surface area contributed by atoms with E-state index in [1.165, 1.54) is 6.92 Å². The third kappa shape index (κ3) is 8.17. The first kappa shape index (κ1) is 19.5. The summed E-state index contributed by atoms with van der Waals surface area (Å²) in [7, 11) is 0. The number of esters is 2. The number of hydrogen-bond acceptors (Lipinski definition) is 6. The van der Waals surface area contributed by atoms with Crippen molar-refractivity contribution in [2.24, 2.45) is 0 Å². The van der Waals surface area contributed by atoms with Crippen LogP contribution in [0.4, 0.5) is 4.79 Å². The minimum absolute atomic E-state index is 0.107. The van der Waals surface area contributed by atoms with Crippen LogP contribution in [0, 0.1) is 0 Å². The van der Waals surface area contributed by atoms with Crippen molar-refractivity contribution in [3.05, 3.63) is 35.9 Å². The summed E-state index contributed by atoms with van der Waals surface area (Å²) in [6.07, 6.45) is -0.00131. The summed E-state index contributed by atoms with van der Waals surface area (Å²) in [5, 5.41) is 2.48. The zero-order valence-electron chi connectivity index (χ0n) is 13.9. The Morgan fingerprint density at radius 2 is 1.79 bits per heavy atom. The molecule has 1 aromatic carbocycles. The van der Waals surface area contributed by atoms with E-state index in [0.717, 1.165) is 5.56 Å². The van der Waals surface area contributed by atoms with Crippen molar-refractivity contribution in [3.8, 4) is 0 Å². The number of amides is 1. The molecule has 0 unspecified atom stereocenters. The summed E-state index contributed by atoms with van der Waals surface area (Å²) in [5.74, 6) is -0.935. The van der Waals surface area contributed by atoms with Crippen LogP contribution in [0.1, 0.15) is 32.3 Å². The quantitative estimate of drug-likeness (QED) is 0.422. The lowest BCUT2D eigenvalue weighted by Crippen LogP contribution is -2.42. The zero-order chi connectivity index (χ0) is 17.8. The first-order chi connectivity index (χ1) is 11.5. The molecule has 24 heavy (non-hydrogen) atoms. The van der Waals surface area contributed by atoms with Crippen LogP contribution in [0.15, 0.2) is 30.3 Å². The number of benzene rings is 1. The maximum absolute atomic E-state index is 11.9. The van der Waals surface area contributed by atoms with Gasteiger partial charge in [-0.25, -0.2) is 9.59 Å². The van der Waals surface area contributed by atoms with Gasteiger partial charge in [0.2, 0.25) is 0 Å². The lowest BCUT2D eigenvalue weighted by molar-refractivity contribution is -0.145. The standard InChI is InChI=1S/C17H23NO6/c1-3-22-16(20)15(10-7-11-23-13(2)19)18-17(21)24-12-14-8-5-4-6-9-14/h4-6,8-9,15H,3,7,10-12H2,1-2H3,(H,18,21)/t15-/m1/s1. The van der Waals surface area contributed by atoms with E-state index in [1.807, 2.05) is 30.3 Å². The van der Waals surface area contributed by atoms with Crippen molar-refractivity contribution in [1.82, 2.24) is 5.32 Å². The number of ether oxygens (including phenoxy) is 3. The zero-order valence-corrected chi connectivity index (χ0v) is 13.9. The van der Waals surface area contributed by atoms with E-state index in [-0.39, 0.29) is 26.2 Å². The van der Waals surface area contributed by atoms with Crippen LogP contribution in [0.3, 0.4) is 0 Å². The highest BCUT2D eigenvalue weighted by Crippen LogP contribution is 2.04. The predicted octanol–water partition coefficient (Wildman–Crippen LogP) is 2.19. The average molecular weight is 337 g/mol. The van der Waals surface area contributed by atoms with Crippen molar-refractivity contribution in [3.63, 3.8) is 0 Å². The first-order valence-electron chi connectivity index (χ1n) is 7.80. The molecule has 0 aliphatic heterocycles. The Kier molecular flexibility index (Phi) is 8.96. The maximum Gasteiger partial charge on any atom is 0.408 e. The fraction of sp³-hybridized carbons (Fsp3) is 0.471. The highest BCUT2D eigenvalue weighted by molar-refractivity contribution is 5.81. The number of alkyl carbamates (subject to hydrolysis) is 1. The highest BCUT2D eigenvalue weighted by atomic mass is 16.6. The normalized spacial score (nSPS) is 11.2. The molecule has 132 valence electrons. The molecule has 1 N–H and O–H groups in total. The molecular formula is C17H23NO6. The predicted molar refractivity (Wildman–Crippen MR) is 86.1 cm³/mol. The molecule has 0 saturated carbocycles. The lowest BCUT2D eigenvalue weighted by Gasteiger charge is -2.17. The molecule has 0 saturated heterocycles. The van der Waals surface area contributed by atoms with Gasteiger partial charge in [-0.3, -0.25) is 4.79 Å². The van der Waals surface area contributed by atoms with E-state index < -0.39 is 24.1 Å². The second-order valence-electron chi connectivity index (χ2n) is 4.99. The van der Waals surface area contributed by atoms with Crippen LogP contribution in [0.25, 0.3) is 0 Å². The third-order valence-corrected chi connectivity index (χ3v) is 3.02. The van der Waals surface area contributed by atoms with Crippen LogP contribution >= 0.6 is 0 Å². The molecular weight excluding hydrogens is 314 g/mol. The number of nitrogens with one attached hydrogen (secondary N) is 1. The van der Waals surface area contributed by atoms with E-state index in [9.17, 15) is 14.4 Å². The van der Waals surface area contributed by atoms with Gasteiger partial charge in [-0.05, 0) is 25.3 Å². The van der Waals surface area contributed by atoms with E-state index in [0.29, 0.717) is 6.42 Å². The van der Waals surface area contributed by atoms with Gasteiger partial charge in [-0.2, -0.15) is 0 Å². The summed E-state index contributed by atoms with van der Waals surface area (Å²) < 4.78 is 14.8. The molecule has 7 heteroatoms. The molecule has 0 fully saturated rings. The number of rotatable bonds is 9. The van der Waals surface area contributed by atoms with Crippen molar-refractivity contribution in [2.75, 3.05) is 13.2 Å². The van der Waals surface area contributed by atoms with E-state index in [1.54, 1.807) is 6.92 Å². The Balaban J connectivity index is 2.45. The van der Waals surface area contributed by atoms with Gasteiger partial charge in [0.1, 0.15) is 12.6 Å². The Bertz CT molecular complexity index is 531. The van der Waals surface area contributed by atoms with Gasteiger partial charge in [-0.1, -0.05) is 30.3 Å². The molecule has 7 nitrogen and oxygen atoms in total. The van der Waals surface area contributed by atoms with Gasteiger partial charge in [0, 0.05) is 6.92 Å². The Morgan fingerprint density at radius 1 is 1.08 bits per heavy atom. The minimum Gasteiger partial charge on any atom is -0.466 e. The topological polar surface area (TPSA) is 90.9 Å². The first-order valence-corrected chi connectivity index (χ1v) is 7.80. The van der Waals surface area contributed by atoms with Gasteiger partial charge >= 0.3 is 18.0 Å². The largest absolute Gasteiger partial charge is 0.466 e. The fourth-order valence-electron chi connectivity index (χ4n) is 1.90. The Morgan fingerprint density at radius 3 is 2.42 bits per heavy atom. The second kappa shape index (κ2) is 11.0. The molecule has 0 spiro atoms. The third-order valence-electron chi connectivity index (χ3n) is 3.02. The molecule has 0 aromatic heterocycles. The van der Waals surface area contributed by atoms with Gasteiger partial charge in [-0.15, -0.1) is 0 Å². The van der Waals surface area contributed by atoms with Gasteiger partial charge in [0.15, 0.2) is 0 Å². The molecule has 1 rings (SSSR count). The van der Waals surface area contributed by atoms with E-state index >= 15 is 0 Å². The second-order valence-corrected chi connectivity index (χ2v) is 4.99.